The Balaban J connectivity index is 1.73. The number of benzene rings is 1. The third-order valence-electron chi connectivity index (χ3n) is 7.45. The molecule has 2 heterocycles. The summed E-state index contributed by atoms with van der Waals surface area (Å²) in [6.45, 7) is 18.3. The highest BCUT2D eigenvalue weighted by Gasteiger charge is 2.31. The standard InChI is InChI=1S/C28H40N4/c1-6-7-8-24-20-25(11-13-31-14-12-29-23(31)4)27-19-21(2)9-10-26(27)28(22(24)3)32-17-15-30(5)16-18-32/h6,9-10,19-20,28H,1,7-8,11-18H2,2-5H3. The first-order valence-electron chi connectivity index (χ1n) is 12.3. The highest BCUT2D eigenvalue weighted by Crippen LogP contribution is 2.41. The molecule has 4 rings (SSSR count). The van der Waals surface area contributed by atoms with E-state index in [-0.39, 0.29) is 0 Å². The van der Waals surface area contributed by atoms with Crippen molar-refractivity contribution in [2.75, 3.05) is 52.9 Å². The zero-order valence-corrected chi connectivity index (χ0v) is 20.5. The second kappa shape index (κ2) is 10.2. The number of hydrogen-bond donors (Lipinski definition) is 0. The molecule has 1 aromatic rings. The van der Waals surface area contributed by atoms with E-state index >= 15 is 0 Å². The molecule has 0 bridgehead atoms. The van der Waals surface area contributed by atoms with Crippen LogP contribution in [0.3, 0.4) is 0 Å². The Labute approximate surface area is 195 Å². The highest BCUT2D eigenvalue weighted by atomic mass is 15.3. The Hall–Kier alpha value is -2.17. The van der Waals surface area contributed by atoms with Gasteiger partial charge in [0.1, 0.15) is 0 Å². The van der Waals surface area contributed by atoms with Gasteiger partial charge in [0, 0.05) is 39.3 Å². The molecular weight excluding hydrogens is 392 g/mol. The van der Waals surface area contributed by atoms with Gasteiger partial charge in [0.25, 0.3) is 0 Å². The van der Waals surface area contributed by atoms with Crippen LogP contribution in [-0.2, 0) is 0 Å². The monoisotopic (exact) mass is 432 g/mol. The summed E-state index contributed by atoms with van der Waals surface area (Å²) in [6, 6.07) is 7.50. The van der Waals surface area contributed by atoms with E-state index < -0.39 is 0 Å². The first-order valence-corrected chi connectivity index (χ1v) is 12.3. The SMILES string of the molecule is C=CCCC1=C(C)C(N2CCN(C)CC2)c2ccc(C)cc2C(CCN2CCN=C2C)=C1. The summed E-state index contributed by atoms with van der Waals surface area (Å²) in [6.07, 6.45) is 7.74. The molecule has 1 atom stereocenters. The molecule has 3 aliphatic rings. The van der Waals surface area contributed by atoms with Crippen molar-refractivity contribution in [3.63, 3.8) is 0 Å². The largest absolute Gasteiger partial charge is 0.358 e. The maximum atomic E-state index is 4.60. The third-order valence-corrected chi connectivity index (χ3v) is 7.45. The van der Waals surface area contributed by atoms with E-state index in [1.165, 1.54) is 39.2 Å². The summed E-state index contributed by atoms with van der Waals surface area (Å²) < 4.78 is 0. The molecule has 1 saturated heterocycles. The van der Waals surface area contributed by atoms with Crippen molar-refractivity contribution < 1.29 is 0 Å². The van der Waals surface area contributed by atoms with Gasteiger partial charge < -0.3 is 9.80 Å². The molecule has 2 aliphatic heterocycles. The van der Waals surface area contributed by atoms with Gasteiger partial charge >= 0.3 is 0 Å². The average Bonchev–Trinajstić information content (AvgIpc) is 3.15. The van der Waals surface area contributed by atoms with E-state index in [9.17, 15) is 0 Å². The minimum Gasteiger partial charge on any atom is -0.358 e. The number of rotatable bonds is 7. The van der Waals surface area contributed by atoms with E-state index in [1.54, 1.807) is 0 Å². The first kappa shape index (κ1) is 23.0. The number of aliphatic imine (C=N–C) groups is 1. The highest BCUT2D eigenvalue weighted by molar-refractivity contribution is 5.81. The van der Waals surface area contributed by atoms with Gasteiger partial charge in [-0.2, -0.15) is 0 Å². The van der Waals surface area contributed by atoms with Crippen molar-refractivity contribution in [2.24, 2.45) is 4.99 Å². The van der Waals surface area contributed by atoms with Crippen LogP contribution >= 0.6 is 0 Å². The maximum Gasteiger partial charge on any atom is 0.0959 e. The minimum atomic E-state index is 0.364. The fraction of sp³-hybridized carbons (Fsp3) is 0.536. The predicted molar refractivity (Wildman–Crippen MR) is 137 cm³/mol. The van der Waals surface area contributed by atoms with Crippen LogP contribution < -0.4 is 0 Å². The summed E-state index contributed by atoms with van der Waals surface area (Å²) in [5.74, 6) is 1.19. The van der Waals surface area contributed by atoms with Crippen molar-refractivity contribution in [3.8, 4) is 0 Å². The zero-order chi connectivity index (χ0) is 22.7. The number of piperazine rings is 1. The van der Waals surface area contributed by atoms with Crippen LogP contribution in [-0.4, -0.2) is 73.4 Å². The molecule has 0 amide bonds. The topological polar surface area (TPSA) is 22.1 Å². The quantitative estimate of drug-likeness (QED) is 0.561. The normalized spacial score (nSPS) is 22.5. The maximum absolute atomic E-state index is 4.60. The summed E-state index contributed by atoms with van der Waals surface area (Å²) in [5, 5.41) is 0. The average molecular weight is 433 g/mol. The Kier molecular flexibility index (Phi) is 7.32. The Morgan fingerprint density at radius 3 is 2.53 bits per heavy atom. The van der Waals surface area contributed by atoms with Crippen LogP contribution in [0.25, 0.3) is 5.57 Å². The van der Waals surface area contributed by atoms with Crippen molar-refractivity contribution in [3.05, 3.63) is 64.8 Å². The molecule has 1 aliphatic carbocycles. The molecule has 0 spiro atoms. The number of aryl methyl sites for hydroxylation is 1. The van der Waals surface area contributed by atoms with Gasteiger partial charge in [-0.05, 0) is 74.9 Å². The van der Waals surface area contributed by atoms with E-state index in [0.29, 0.717) is 6.04 Å². The van der Waals surface area contributed by atoms with Gasteiger partial charge in [0.2, 0.25) is 0 Å². The number of allylic oxidation sites excluding steroid dienone is 3. The summed E-state index contributed by atoms with van der Waals surface area (Å²) in [5.41, 5.74) is 8.80. The zero-order valence-electron chi connectivity index (χ0n) is 20.5. The lowest BCUT2D eigenvalue weighted by Gasteiger charge is -2.39. The summed E-state index contributed by atoms with van der Waals surface area (Å²) >= 11 is 0. The molecule has 1 fully saturated rings. The predicted octanol–water partition coefficient (Wildman–Crippen LogP) is 5.09. The van der Waals surface area contributed by atoms with Crippen LogP contribution in [0.5, 0.6) is 0 Å². The van der Waals surface area contributed by atoms with Crippen LogP contribution in [0.15, 0.2) is 53.1 Å². The fourth-order valence-corrected chi connectivity index (χ4v) is 5.41. The number of fused-ring (bicyclic) bond motifs is 1. The second-order valence-electron chi connectivity index (χ2n) is 9.70. The molecule has 0 aromatic heterocycles. The Bertz CT molecular complexity index is 931. The van der Waals surface area contributed by atoms with E-state index in [2.05, 4.69) is 84.4 Å². The number of amidine groups is 1. The number of hydrogen-bond acceptors (Lipinski definition) is 4. The Morgan fingerprint density at radius 2 is 1.84 bits per heavy atom. The lowest BCUT2D eigenvalue weighted by atomic mass is 9.89. The molecule has 0 radical (unpaired) electrons. The van der Waals surface area contributed by atoms with Crippen LogP contribution in [0.4, 0.5) is 0 Å². The molecule has 1 aromatic carbocycles. The van der Waals surface area contributed by atoms with Crippen molar-refractivity contribution in [1.29, 1.82) is 0 Å². The van der Waals surface area contributed by atoms with Crippen LogP contribution in [0.1, 0.15) is 55.8 Å². The van der Waals surface area contributed by atoms with Crippen molar-refractivity contribution >= 4 is 11.4 Å². The van der Waals surface area contributed by atoms with Crippen LogP contribution in [0.2, 0.25) is 0 Å². The van der Waals surface area contributed by atoms with Gasteiger partial charge in [-0.25, -0.2) is 0 Å². The first-order chi connectivity index (χ1) is 15.5. The number of likely N-dealkylation sites (N-methyl/N-ethyl adjacent to an activating group) is 1. The second-order valence-corrected chi connectivity index (χ2v) is 9.70. The fourth-order valence-electron chi connectivity index (χ4n) is 5.41. The smallest absolute Gasteiger partial charge is 0.0959 e. The molecule has 0 saturated carbocycles. The van der Waals surface area contributed by atoms with Gasteiger partial charge in [-0.1, -0.05) is 35.9 Å². The van der Waals surface area contributed by atoms with Crippen molar-refractivity contribution in [2.45, 2.75) is 46.1 Å². The van der Waals surface area contributed by atoms with E-state index in [1.807, 2.05) is 0 Å². The van der Waals surface area contributed by atoms with E-state index in [4.69, 9.17) is 0 Å². The molecule has 32 heavy (non-hydrogen) atoms. The van der Waals surface area contributed by atoms with E-state index in [0.717, 1.165) is 65.1 Å². The molecular formula is C28H40N4. The molecule has 4 heteroatoms. The van der Waals surface area contributed by atoms with Gasteiger partial charge in [0.15, 0.2) is 0 Å². The third kappa shape index (κ3) is 4.92. The van der Waals surface area contributed by atoms with Crippen molar-refractivity contribution in [1.82, 2.24) is 14.7 Å². The lowest BCUT2D eigenvalue weighted by Crippen LogP contribution is -2.46. The molecule has 4 nitrogen and oxygen atoms in total. The molecule has 1 unspecified atom stereocenters. The van der Waals surface area contributed by atoms with Gasteiger partial charge in [-0.3, -0.25) is 9.89 Å². The molecule has 172 valence electrons. The summed E-state index contributed by atoms with van der Waals surface area (Å²) in [4.78, 5) is 12.2. The summed E-state index contributed by atoms with van der Waals surface area (Å²) in [7, 11) is 2.24. The van der Waals surface area contributed by atoms with Crippen LogP contribution in [0, 0.1) is 6.92 Å². The van der Waals surface area contributed by atoms with Gasteiger partial charge in [0.05, 0.1) is 18.4 Å². The number of nitrogens with zero attached hydrogens (tertiary/aromatic N) is 4. The van der Waals surface area contributed by atoms with Gasteiger partial charge in [-0.15, -0.1) is 6.58 Å². The lowest BCUT2D eigenvalue weighted by molar-refractivity contribution is 0.125. The Morgan fingerprint density at radius 1 is 1.06 bits per heavy atom. The minimum absolute atomic E-state index is 0.364. The molecule has 0 N–H and O–H groups in total.